The van der Waals surface area contributed by atoms with E-state index in [1.165, 1.54) is 0 Å². The minimum Gasteiger partial charge on any atom is -0.456 e. The Labute approximate surface area is 327 Å². The predicted molar refractivity (Wildman–Crippen MR) is 229 cm³/mol. The molecule has 0 N–H and O–H groups in total. The van der Waals surface area contributed by atoms with Crippen molar-refractivity contribution in [2.45, 2.75) is 0 Å². The van der Waals surface area contributed by atoms with Crippen molar-refractivity contribution in [1.29, 1.82) is 0 Å². The molecular formula is C48H24Cl2N4O2. The van der Waals surface area contributed by atoms with Gasteiger partial charge in [-0.05, 0) is 129 Å². The Morgan fingerprint density at radius 1 is 0.357 bits per heavy atom. The minimum atomic E-state index is 0.191. The molecule has 0 fully saturated rings. The van der Waals surface area contributed by atoms with E-state index in [-0.39, 0.29) is 10.6 Å². The molecule has 4 aromatic heterocycles. The molecule has 0 atom stereocenters. The van der Waals surface area contributed by atoms with Gasteiger partial charge in [0.2, 0.25) is 10.6 Å². The number of furan rings is 2. The van der Waals surface area contributed by atoms with E-state index >= 15 is 0 Å². The third-order valence-corrected chi connectivity index (χ3v) is 11.2. The van der Waals surface area contributed by atoms with Crippen LogP contribution in [0.4, 0.5) is 0 Å². The van der Waals surface area contributed by atoms with Gasteiger partial charge in [0.1, 0.15) is 22.3 Å². The van der Waals surface area contributed by atoms with Crippen LogP contribution < -0.4 is 0 Å². The fourth-order valence-electron chi connectivity index (χ4n) is 8.31. The van der Waals surface area contributed by atoms with Crippen LogP contribution in [0.3, 0.4) is 0 Å². The van der Waals surface area contributed by atoms with Crippen molar-refractivity contribution in [3.05, 3.63) is 156 Å². The zero-order valence-electron chi connectivity index (χ0n) is 29.2. The highest BCUT2D eigenvalue weighted by molar-refractivity contribution is 6.29. The molecule has 0 spiro atoms. The third kappa shape index (κ3) is 4.83. The van der Waals surface area contributed by atoms with Gasteiger partial charge in [-0.3, -0.25) is 0 Å². The highest BCUT2D eigenvalue weighted by Crippen LogP contribution is 2.44. The first kappa shape index (κ1) is 31.5. The van der Waals surface area contributed by atoms with Gasteiger partial charge in [-0.2, -0.15) is 0 Å². The molecule has 0 saturated heterocycles. The van der Waals surface area contributed by atoms with Crippen LogP contribution in [0.15, 0.2) is 154 Å². The molecule has 56 heavy (non-hydrogen) atoms. The standard InChI is InChI=1S/C48H24Cl2N4O2/c49-47-51-38-11-5-3-9-32(38)45(53-47)29-15-16-40-34(19-29)35-20-30-17-27(13-14-28(30)23-41(35)55-40)31-21-37(46-33-10-4-6-12-39(33)52-48(50)54-46)44-36-18-25-7-1-2-8-26(25)22-42(36)56-43(44)24-31/h1-24H. The summed E-state index contributed by atoms with van der Waals surface area (Å²) in [5.74, 6) is 0. The Kier molecular flexibility index (Phi) is 6.64. The normalized spacial score (nSPS) is 12.1. The van der Waals surface area contributed by atoms with Crippen LogP contribution in [0.1, 0.15) is 0 Å². The van der Waals surface area contributed by atoms with Crippen LogP contribution >= 0.6 is 23.2 Å². The third-order valence-electron chi connectivity index (χ3n) is 10.9. The second-order valence-corrected chi connectivity index (χ2v) is 14.8. The molecule has 12 aromatic rings. The average Bonchev–Trinajstić information content (AvgIpc) is 3.77. The quantitative estimate of drug-likeness (QED) is 0.167. The summed E-state index contributed by atoms with van der Waals surface area (Å²) in [6.45, 7) is 0. The van der Waals surface area contributed by atoms with Crippen molar-refractivity contribution in [2.75, 3.05) is 0 Å². The molecule has 0 aliphatic carbocycles. The molecule has 0 amide bonds. The number of fused-ring (bicyclic) bond motifs is 10. The van der Waals surface area contributed by atoms with Crippen molar-refractivity contribution in [2.24, 2.45) is 0 Å². The monoisotopic (exact) mass is 758 g/mol. The molecule has 0 aliphatic rings. The van der Waals surface area contributed by atoms with Gasteiger partial charge < -0.3 is 8.83 Å². The Bertz CT molecular complexity index is 3650. The maximum Gasteiger partial charge on any atom is 0.223 e. The highest BCUT2D eigenvalue weighted by Gasteiger charge is 2.20. The number of halogens is 2. The molecule has 0 unspecified atom stereocenters. The first-order valence-electron chi connectivity index (χ1n) is 18.2. The number of hydrogen-bond acceptors (Lipinski definition) is 6. The lowest BCUT2D eigenvalue weighted by Crippen LogP contribution is -1.93. The van der Waals surface area contributed by atoms with Gasteiger partial charge in [-0.15, -0.1) is 0 Å². The molecule has 8 heteroatoms. The molecule has 12 rings (SSSR count). The number of nitrogens with zero attached hydrogens (tertiary/aromatic N) is 4. The largest absolute Gasteiger partial charge is 0.456 e. The van der Waals surface area contributed by atoms with Gasteiger partial charge in [0.05, 0.1) is 22.4 Å². The topological polar surface area (TPSA) is 77.8 Å². The van der Waals surface area contributed by atoms with E-state index in [1.807, 2.05) is 66.7 Å². The van der Waals surface area contributed by atoms with Crippen LogP contribution in [0.5, 0.6) is 0 Å². The number of para-hydroxylation sites is 2. The summed E-state index contributed by atoms with van der Waals surface area (Å²) in [6, 6.07) is 49.8. The van der Waals surface area contributed by atoms with Crippen LogP contribution in [-0.4, -0.2) is 19.9 Å². The second kappa shape index (κ2) is 11.8. The Hall–Kier alpha value is -6.86. The Balaban J connectivity index is 1.07. The maximum atomic E-state index is 6.69. The smallest absolute Gasteiger partial charge is 0.223 e. The number of aromatic nitrogens is 4. The molecule has 262 valence electrons. The van der Waals surface area contributed by atoms with Crippen LogP contribution in [-0.2, 0) is 0 Å². The average molecular weight is 760 g/mol. The molecule has 8 aromatic carbocycles. The van der Waals surface area contributed by atoms with Crippen molar-refractivity contribution in [3.63, 3.8) is 0 Å². The number of benzene rings is 8. The lowest BCUT2D eigenvalue weighted by molar-refractivity contribution is 0.669. The van der Waals surface area contributed by atoms with E-state index in [0.29, 0.717) is 0 Å². The van der Waals surface area contributed by atoms with E-state index in [0.717, 1.165) is 121 Å². The van der Waals surface area contributed by atoms with Crippen LogP contribution in [0.25, 0.3) is 121 Å². The first-order chi connectivity index (χ1) is 27.5. The predicted octanol–water partition coefficient (Wildman–Crippen LogP) is 14.0. The van der Waals surface area contributed by atoms with Gasteiger partial charge in [-0.1, -0.05) is 72.8 Å². The second-order valence-electron chi connectivity index (χ2n) is 14.1. The summed E-state index contributed by atoms with van der Waals surface area (Å²) in [6.07, 6.45) is 0. The zero-order chi connectivity index (χ0) is 37.1. The van der Waals surface area contributed by atoms with Crippen molar-refractivity contribution in [1.82, 2.24) is 19.9 Å². The summed E-state index contributed by atoms with van der Waals surface area (Å²) in [7, 11) is 0. The van der Waals surface area contributed by atoms with Crippen LogP contribution in [0.2, 0.25) is 10.6 Å². The fraction of sp³-hybridized carbons (Fsp3) is 0. The lowest BCUT2D eigenvalue weighted by atomic mass is 9.93. The summed E-state index contributed by atoms with van der Waals surface area (Å²) >= 11 is 13.0. The van der Waals surface area contributed by atoms with Crippen molar-refractivity contribution >= 4 is 110 Å². The fourth-order valence-corrected chi connectivity index (χ4v) is 8.66. The Morgan fingerprint density at radius 3 is 1.73 bits per heavy atom. The number of rotatable bonds is 3. The van der Waals surface area contributed by atoms with E-state index in [4.69, 9.17) is 37.0 Å². The van der Waals surface area contributed by atoms with Gasteiger partial charge >= 0.3 is 0 Å². The van der Waals surface area contributed by atoms with Gasteiger partial charge in [0, 0.05) is 43.4 Å². The minimum absolute atomic E-state index is 0.191. The van der Waals surface area contributed by atoms with E-state index in [9.17, 15) is 0 Å². The van der Waals surface area contributed by atoms with E-state index < -0.39 is 0 Å². The SMILES string of the molecule is Clc1nc(-c2ccc3oc4cc5ccc(-c6cc(-c7nc(Cl)nc8ccccc78)c7c(c6)oc6cc8ccccc8cc67)cc5cc4c3c2)c2ccccc2n1. The zero-order valence-corrected chi connectivity index (χ0v) is 30.7. The maximum absolute atomic E-state index is 6.69. The molecular weight excluding hydrogens is 735 g/mol. The number of hydrogen-bond donors (Lipinski definition) is 0. The van der Waals surface area contributed by atoms with E-state index in [1.54, 1.807) is 0 Å². The summed E-state index contributed by atoms with van der Waals surface area (Å²) in [5.41, 5.74) is 10.2. The van der Waals surface area contributed by atoms with Crippen molar-refractivity contribution < 1.29 is 8.83 Å². The molecule has 0 radical (unpaired) electrons. The summed E-state index contributed by atoms with van der Waals surface area (Å²) in [5, 5.41) is 10.7. The van der Waals surface area contributed by atoms with Crippen LogP contribution in [0, 0.1) is 0 Å². The first-order valence-corrected chi connectivity index (χ1v) is 18.9. The summed E-state index contributed by atoms with van der Waals surface area (Å²) < 4.78 is 13.1. The van der Waals surface area contributed by atoms with Gasteiger partial charge in [-0.25, -0.2) is 19.9 Å². The Morgan fingerprint density at radius 2 is 0.946 bits per heavy atom. The van der Waals surface area contributed by atoms with E-state index in [2.05, 4.69) is 93.8 Å². The molecule has 6 nitrogen and oxygen atoms in total. The summed E-state index contributed by atoms with van der Waals surface area (Å²) in [4.78, 5) is 18.5. The molecule has 0 bridgehead atoms. The lowest BCUT2D eigenvalue weighted by Gasteiger charge is -2.11. The van der Waals surface area contributed by atoms with Gasteiger partial charge in [0.15, 0.2) is 0 Å². The van der Waals surface area contributed by atoms with Gasteiger partial charge in [0.25, 0.3) is 0 Å². The molecule has 4 heterocycles. The highest BCUT2D eigenvalue weighted by atomic mass is 35.5. The molecule has 0 saturated carbocycles. The van der Waals surface area contributed by atoms with Crippen molar-refractivity contribution in [3.8, 4) is 33.6 Å². The molecule has 0 aliphatic heterocycles.